The van der Waals surface area contributed by atoms with Crippen LogP contribution in [0.25, 0.3) is 44.8 Å². The van der Waals surface area contributed by atoms with Crippen molar-refractivity contribution in [1.29, 1.82) is 0 Å². The zero-order valence-electron chi connectivity index (χ0n) is 15.5. The Morgan fingerprint density at radius 1 is 0.724 bits per heavy atom. The molecule has 0 unspecified atom stereocenters. The quantitative estimate of drug-likeness (QED) is 0.375. The summed E-state index contributed by atoms with van der Waals surface area (Å²) in [6, 6.07) is 19.1. The summed E-state index contributed by atoms with van der Waals surface area (Å²) < 4.78 is 23.4. The van der Waals surface area contributed by atoms with E-state index in [-0.39, 0.29) is 0 Å². The summed E-state index contributed by atoms with van der Waals surface area (Å²) in [7, 11) is -4.31. The zero-order chi connectivity index (χ0) is 20.2. The Hall–Kier alpha value is -3.33. The average molecular weight is 400 g/mol. The third-order valence-corrected chi connectivity index (χ3v) is 6.01. The molecule has 0 amide bonds. The fraction of sp³-hybridized carbons (Fsp3) is 0. The van der Waals surface area contributed by atoms with Crippen LogP contribution in [0.4, 0.5) is 0 Å². The predicted molar refractivity (Wildman–Crippen MR) is 118 cm³/mol. The van der Waals surface area contributed by atoms with E-state index in [1.165, 1.54) is 0 Å². The number of rotatable bonds is 2. The number of hydrogen-bond donors (Lipinski definition) is 1. The van der Waals surface area contributed by atoms with Crippen molar-refractivity contribution < 1.29 is 18.5 Å². The van der Waals surface area contributed by atoms with Crippen molar-refractivity contribution in [2.24, 2.45) is 0 Å². The van der Waals surface area contributed by atoms with Gasteiger partial charge in [0.25, 0.3) is 0 Å². The minimum absolute atomic E-state index is 0.314. The molecule has 0 radical (unpaired) electrons. The molecular formula is C24H17O4P. The summed E-state index contributed by atoms with van der Waals surface area (Å²) in [6.07, 6.45) is 3.57. The van der Waals surface area contributed by atoms with E-state index in [9.17, 15) is 9.46 Å². The molecule has 0 spiro atoms. The average Bonchev–Trinajstić information content (AvgIpc) is 2.84. The molecule has 0 bridgehead atoms. The maximum atomic E-state index is 12.5. The van der Waals surface area contributed by atoms with Crippen LogP contribution in [0.3, 0.4) is 0 Å². The highest BCUT2D eigenvalue weighted by atomic mass is 31.2. The Bertz CT molecular complexity index is 1280. The van der Waals surface area contributed by atoms with Gasteiger partial charge in [-0.05, 0) is 56.9 Å². The van der Waals surface area contributed by atoms with Gasteiger partial charge in [-0.15, -0.1) is 0 Å². The van der Waals surface area contributed by atoms with Gasteiger partial charge in [0.15, 0.2) is 0 Å². The molecule has 1 aliphatic rings. The van der Waals surface area contributed by atoms with E-state index in [4.69, 9.17) is 9.05 Å². The Balaban J connectivity index is 1.95. The highest BCUT2D eigenvalue weighted by molar-refractivity contribution is 7.48. The van der Waals surface area contributed by atoms with Gasteiger partial charge in [-0.3, -0.25) is 4.89 Å². The van der Waals surface area contributed by atoms with Gasteiger partial charge in [0, 0.05) is 11.1 Å². The standard InChI is InChI=1S/C24H17O4P/c1-3-15-5-9-19-17(13-15)7-11-21-23(19)24-20-10-6-16(4-2)14-18(20)8-12-22(24)28-29(25,26)27-21/h3-14H,1-2H2,(H,25,26). The Kier molecular flexibility index (Phi) is 3.88. The molecular weight excluding hydrogens is 383 g/mol. The van der Waals surface area contributed by atoms with Crippen LogP contribution < -0.4 is 9.05 Å². The van der Waals surface area contributed by atoms with E-state index in [0.717, 1.165) is 43.8 Å². The lowest BCUT2D eigenvalue weighted by Crippen LogP contribution is -1.97. The number of fused-ring (bicyclic) bond motifs is 7. The molecule has 1 N–H and O–H groups in total. The van der Waals surface area contributed by atoms with Crippen LogP contribution in [-0.4, -0.2) is 4.89 Å². The lowest BCUT2D eigenvalue weighted by atomic mass is 9.91. The van der Waals surface area contributed by atoms with Gasteiger partial charge in [0.2, 0.25) is 0 Å². The monoisotopic (exact) mass is 400 g/mol. The van der Waals surface area contributed by atoms with Crippen molar-refractivity contribution in [3.8, 4) is 22.6 Å². The fourth-order valence-corrected chi connectivity index (χ4v) is 4.68. The van der Waals surface area contributed by atoms with E-state index in [1.807, 2.05) is 48.5 Å². The molecule has 4 aromatic rings. The van der Waals surface area contributed by atoms with Gasteiger partial charge in [-0.1, -0.05) is 61.7 Å². The van der Waals surface area contributed by atoms with Gasteiger partial charge in [-0.2, -0.15) is 0 Å². The van der Waals surface area contributed by atoms with Crippen LogP contribution in [-0.2, 0) is 4.57 Å². The van der Waals surface area contributed by atoms with Crippen LogP contribution >= 0.6 is 7.82 Å². The molecule has 4 aromatic carbocycles. The maximum absolute atomic E-state index is 12.5. The van der Waals surface area contributed by atoms with Crippen molar-refractivity contribution >= 4 is 41.5 Å². The molecule has 142 valence electrons. The minimum atomic E-state index is -4.31. The molecule has 1 aliphatic heterocycles. The summed E-state index contributed by atoms with van der Waals surface area (Å²) in [6.45, 7) is 7.66. The summed E-state index contributed by atoms with van der Waals surface area (Å²) in [5, 5.41) is 3.76. The summed E-state index contributed by atoms with van der Waals surface area (Å²) in [5.74, 6) is 0.627. The first-order valence-electron chi connectivity index (χ1n) is 9.10. The second-order valence-corrected chi connectivity index (χ2v) is 8.20. The molecule has 1 heterocycles. The molecule has 0 saturated carbocycles. The van der Waals surface area contributed by atoms with Crippen molar-refractivity contribution in [2.75, 3.05) is 0 Å². The van der Waals surface area contributed by atoms with Gasteiger partial charge in [0.1, 0.15) is 11.5 Å². The molecule has 5 heteroatoms. The van der Waals surface area contributed by atoms with Crippen molar-refractivity contribution in [1.82, 2.24) is 0 Å². The third-order valence-electron chi connectivity index (χ3n) is 5.16. The van der Waals surface area contributed by atoms with Crippen LogP contribution in [0, 0.1) is 0 Å². The van der Waals surface area contributed by atoms with E-state index in [0.29, 0.717) is 11.5 Å². The number of benzene rings is 4. The van der Waals surface area contributed by atoms with E-state index < -0.39 is 7.82 Å². The Morgan fingerprint density at radius 2 is 1.17 bits per heavy atom. The van der Waals surface area contributed by atoms with Crippen molar-refractivity contribution in [3.63, 3.8) is 0 Å². The molecule has 29 heavy (non-hydrogen) atoms. The van der Waals surface area contributed by atoms with Gasteiger partial charge >= 0.3 is 7.82 Å². The van der Waals surface area contributed by atoms with Crippen molar-refractivity contribution in [3.05, 3.63) is 84.9 Å². The SMILES string of the molecule is C=Cc1ccc2c3c(ccc2c1)OP(=O)(O)Oc1ccc2cc(C=C)ccc2c1-3. The summed E-state index contributed by atoms with van der Waals surface area (Å²) in [4.78, 5) is 10.2. The Labute approximate surface area is 167 Å². The molecule has 0 fully saturated rings. The molecule has 4 nitrogen and oxygen atoms in total. The van der Waals surface area contributed by atoms with Crippen LogP contribution in [0.15, 0.2) is 73.8 Å². The largest absolute Gasteiger partial charge is 0.584 e. The topological polar surface area (TPSA) is 55.8 Å². The molecule has 0 saturated heterocycles. The van der Waals surface area contributed by atoms with E-state index >= 15 is 0 Å². The van der Waals surface area contributed by atoms with E-state index in [2.05, 4.69) is 13.2 Å². The maximum Gasteiger partial charge on any atom is 0.584 e. The normalized spacial score (nSPS) is 14.2. The molecule has 0 atom stereocenters. The third kappa shape index (κ3) is 2.85. The van der Waals surface area contributed by atoms with Crippen LogP contribution in [0.1, 0.15) is 11.1 Å². The first-order valence-corrected chi connectivity index (χ1v) is 10.6. The molecule has 5 rings (SSSR count). The van der Waals surface area contributed by atoms with Gasteiger partial charge in [0.05, 0.1) is 0 Å². The second kappa shape index (κ2) is 6.35. The molecule has 0 aromatic heterocycles. The zero-order valence-corrected chi connectivity index (χ0v) is 16.4. The summed E-state index contributed by atoms with van der Waals surface area (Å²) >= 11 is 0. The fourth-order valence-electron chi connectivity index (χ4n) is 3.85. The van der Waals surface area contributed by atoms with Crippen molar-refractivity contribution in [2.45, 2.75) is 0 Å². The minimum Gasteiger partial charge on any atom is -0.395 e. The summed E-state index contributed by atoms with van der Waals surface area (Å²) in [5.41, 5.74) is 3.45. The predicted octanol–water partition coefficient (Wildman–Crippen LogP) is 6.82. The number of phosphoric acid groups is 1. The highest BCUT2D eigenvalue weighted by Crippen LogP contribution is 2.56. The second-order valence-electron chi connectivity index (χ2n) is 6.90. The first-order chi connectivity index (χ1) is 14.0. The number of hydrogen-bond acceptors (Lipinski definition) is 3. The Morgan fingerprint density at radius 3 is 1.59 bits per heavy atom. The lowest BCUT2D eigenvalue weighted by Gasteiger charge is -2.14. The lowest BCUT2D eigenvalue weighted by molar-refractivity contribution is 0.294. The smallest absolute Gasteiger partial charge is 0.395 e. The first kappa shape index (κ1) is 17.7. The van der Waals surface area contributed by atoms with Crippen LogP contribution in [0.5, 0.6) is 11.5 Å². The van der Waals surface area contributed by atoms with Gasteiger partial charge < -0.3 is 9.05 Å². The molecule has 0 aliphatic carbocycles. The van der Waals surface area contributed by atoms with Crippen LogP contribution in [0.2, 0.25) is 0 Å². The van der Waals surface area contributed by atoms with Gasteiger partial charge in [-0.25, -0.2) is 4.57 Å². The number of phosphoric ester groups is 1. The van der Waals surface area contributed by atoms with E-state index in [1.54, 1.807) is 24.3 Å². The highest BCUT2D eigenvalue weighted by Gasteiger charge is 2.33.